The van der Waals surface area contributed by atoms with Gasteiger partial charge in [-0.25, -0.2) is 0 Å². The zero-order valence-electron chi connectivity index (χ0n) is 12.3. The smallest absolute Gasteiger partial charge is 0.0640 e. The van der Waals surface area contributed by atoms with Crippen molar-refractivity contribution in [2.75, 3.05) is 19.7 Å². The standard InChI is InChI=1S/C16H24Cl2N2O/c17-14-6-3-5-13(16(14)18)15(19)7-10-20-9-2-1-4-12(20)8-11-21/h3,5-6,12,15,21H,1-2,4,7-11,19H2. The second-order valence-corrected chi connectivity index (χ2v) is 6.52. The highest BCUT2D eigenvalue weighted by Gasteiger charge is 2.22. The van der Waals surface area contributed by atoms with Gasteiger partial charge in [0.15, 0.2) is 0 Å². The number of likely N-dealkylation sites (tertiary alicyclic amines) is 1. The Kier molecular flexibility index (Phi) is 6.77. The maximum Gasteiger partial charge on any atom is 0.0640 e. The summed E-state index contributed by atoms with van der Waals surface area (Å²) >= 11 is 12.3. The van der Waals surface area contributed by atoms with Gasteiger partial charge in [0, 0.05) is 25.2 Å². The van der Waals surface area contributed by atoms with Crippen molar-refractivity contribution in [2.45, 2.75) is 44.2 Å². The summed E-state index contributed by atoms with van der Waals surface area (Å²) in [5.74, 6) is 0. The van der Waals surface area contributed by atoms with Crippen LogP contribution < -0.4 is 5.73 Å². The molecule has 3 N–H and O–H groups in total. The first-order chi connectivity index (χ1) is 10.1. The Morgan fingerprint density at radius 1 is 1.33 bits per heavy atom. The van der Waals surface area contributed by atoms with Gasteiger partial charge in [-0.2, -0.15) is 0 Å². The molecule has 0 saturated carbocycles. The molecule has 0 aliphatic carbocycles. The van der Waals surface area contributed by atoms with Crippen LogP contribution in [0, 0.1) is 0 Å². The second-order valence-electron chi connectivity index (χ2n) is 5.74. The van der Waals surface area contributed by atoms with Gasteiger partial charge in [0.05, 0.1) is 10.0 Å². The quantitative estimate of drug-likeness (QED) is 0.837. The van der Waals surface area contributed by atoms with Crippen molar-refractivity contribution in [3.8, 4) is 0 Å². The van der Waals surface area contributed by atoms with Crippen LogP contribution in [-0.4, -0.2) is 35.7 Å². The molecule has 1 aliphatic heterocycles. The van der Waals surface area contributed by atoms with Crippen LogP contribution in [0.2, 0.25) is 10.0 Å². The van der Waals surface area contributed by atoms with E-state index in [0.29, 0.717) is 16.1 Å². The number of benzene rings is 1. The molecule has 118 valence electrons. The molecule has 0 spiro atoms. The normalized spacial score (nSPS) is 21.4. The van der Waals surface area contributed by atoms with Crippen molar-refractivity contribution < 1.29 is 5.11 Å². The SMILES string of the molecule is NC(CCN1CCCCC1CCO)c1cccc(Cl)c1Cl. The molecular weight excluding hydrogens is 307 g/mol. The average Bonchev–Trinajstić information content (AvgIpc) is 2.49. The number of aliphatic hydroxyl groups excluding tert-OH is 1. The van der Waals surface area contributed by atoms with Gasteiger partial charge in [-0.15, -0.1) is 0 Å². The summed E-state index contributed by atoms with van der Waals surface area (Å²) in [5, 5.41) is 10.3. The van der Waals surface area contributed by atoms with Crippen LogP contribution in [-0.2, 0) is 0 Å². The molecule has 1 aromatic rings. The van der Waals surface area contributed by atoms with E-state index in [1.165, 1.54) is 19.3 Å². The zero-order valence-corrected chi connectivity index (χ0v) is 13.8. The van der Waals surface area contributed by atoms with Gasteiger partial charge in [-0.05, 0) is 43.9 Å². The first kappa shape index (κ1) is 17.0. The summed E-state index contributed by atoms with van der Waals surface area (Å²) in [5.41, 5.74) is 7.20. The molecule has 0 aromatic heterocycles. The van der Waals surface area contributed by atoms with E-state index >= 15 is 0 Å². The molecule has 0 amide bonds. The second kappa shape index (κ2) is 8.35. The Morgan fingerprint density at radius 3 is 2.90 bits per heavy atom. The molecule has 2 rings (SSSR count). The van der Waals surface area contributed by atoms with Gasteiger partial charge in [-0.3, -0.25) is 0 Å². The summed E-state index contributed by atoms with van der Waals surface area (Å²) in [4.78, 5) is 2.46. The van der Waals surface area contributed by atoms with Crippen LogP contribution in [0.1, 0.15) is 43.7 Å². The molecule has 0 bridgehead atoms. The van der Waals surface area contributed by atoms with E-state index in [-0.39, 0.29) is 12.6 Å². The molecule has 1 saturated heterocycles. The lowest BCUT2D eigenvalue weighted by molar-refractivity contribution is 0.116. The Hall–Kier alpha value is -0.320. The van der Waals surface area contributed by atoms with E-state index < -0.39 is 0 Å². The monoisotopic (exact) mass is 330 g/mol. The fourth-order valence-electron chi connectivity index (χ4n) is 3.10. The minimum absolute atomic E-state index is 0.104. The number of aliphatic hydroxyl groups is 1. The predicted molar refractivity (Wildman–Crippen MR) is 88.9 cm³/mol. The molecule has 2 unspecified atom stereocenters. The van der Waals surface area contributed by atoms with Crippen LogP contribution in [0.15, 0.2) is 18.2 Å². The van der Waals surface area contributed by atoms with Crippen molar-refractivity contribution in [1.29, 1.82) is 0 Å². The van der Waals surface area contributed by atoms with Gasteiger partial charge in [0.1, 0.15) is 0 Å². The van der Waals surface area contributed by atoms with Gasteiger partial charge < -0.3 is 15.7 Å². The lowest BCUT2D eigenvalue weighted by atomic mass is 9.98. The highest BCUT2D eigenvalue weighted by Crippen LogP contribution is 2.30. The Bertz CT molecular complexity index is 454. The lowest BCUT2D eigenvalue weighted by Crippen LogP contribution is -2.41. The van der Waals surface area contributed by atoms with Gasteiger partial charge in [0.2, 0.25) is 0 Å². The van der Waals surface area contributed by atoms with Crippen molar-refractivity contribution in [2.24, 2.45) is 5.73 Å². The summed E-state index contributed by atoms with van der Waals surface area (Å²) in [6.07, 6.45) is 5.37. The van der Waals surface area contributed by atoms with E-state index in [9.17, 15) is 5.11 Å². The predicted octanol–water partition coefficient (Wildman–Crippen LogP) is 3.62. The number of piperidine rings is 1. The highest BCUT2D eigenvalue weighted by molar-refractivity contribution is 6.42. The first-order valence-electron chi connectivity index (χ1n) is 7.68. The Labute approximate surface area is 137 Å². The maximum atomic E-state index is 9.18. The zero-order chi connectivity index (χ0) is 15.2. The summed E-state index contributed by atoms with van der Waals surface area (Å²) in [7, 11) is 0. The molecule has 1 aliphatic rings. The molecule has 2 atom stereocenters. The minimum Gasteiger partial charge on any atom is -0.396 e. The van der Waals surface area contributed by atoms with Crippen molar-refractivity contribution in [3.63, 3.8) is 0 Å². The Balaban J connectivity index is 1.93. The molecule has 21 heavy (non-hydrogen) atoms. The number of halogens is 2. The molecule has 1 heterocycles. The van der Waals surface area contributed by atoms with E-state index in [1.807, 2.05) is 12.1 Å². The minimum atomic E-state index is -0.104. The van der Waals surface area contributed by atoms with E-state index in [0.717, 1.165) is 31.5 Å². The van der Waals surface area contributed by atoms with E-state index in [4.69, 9.17) is 28.9 Å². The summed E-state index contributed by atoms with van der Waals surface area (Å²) < 4.78 is 0. The number of nitrogens with zero attached hydrogens (tertiary/aromatic N) is 1. The molecule has 1 aromatic carbocycles. The summed E-state index contributed by atoms with van der Waals surface area (Å²) in [6, 6.07) is 6.00. The third kappa shape index (κ3) is 4.57. The number of rotatable bonds is 6. The van der Waals surface area contributed by atoms with Crippen molar-refractivity contribution >= 4 is 23.2 Å². The largest absolute Gasteiger partial charge is 0.396 e. The fourth-order valence-corrected chi connectivity index (χ4v) is 3.55. The third-order valence-corrected chi connectivity index (χ3v) is 5.15. The first-order valence-corrected chi connectivity index (χ1v) is 8.43. The van der Waals surface area contributed by atoms with Crippen LogP contribution in [0.3, 0.4) is 0 Å². The van der Waals surface area contributed by atoms with Gasteiger partial charge >= 0.3 is 0 Å². The Morgan fingerprint density at radius 2 is 2.14 bits per heavy atom. The number of hydrogen-bond acceptors (Lipinski definition) is 3. The van der Waals surface area contributed by atoms with E-state index in [1.54, 1.807) is 6.07 Å². The van der Waals surface area contributed by atoms with Crippen LogP contribution >= 0.6 is 23.2 Å². The third-order valence-electron chi connectivity index (χ3n) is 4.32. The van der Waals surface area contributed by atoms with Gasteiger partial charge in [0.25, 0.3) is 0 Å². The van der Waals surface area contributed by atoms with Crippen molar-refractivity contribution in [1.82, 2.24) is 4.90 Å². The molecule has 0 radical (unpaired) electrons. The van der Waals surface area contributed by atoms with Crippen molar-refractivity contribution in [3.05, 3.63) is 33.8 Å². The number of hydrogen-bond donors (Lipinski definition) is 2. The van der Waals surface area contributed by atoms with Gasteiger partial charge in [-0.1, -0.05) is 41.8 Å². The van der Waals surface area contributed by atoms with Crippen LogP contribution in [0.4, 0.5) is 0 Å². The van der Waals surface area contributed by atoms with Crippen LogP contribution in [0.25, 0.3) is 0 Å². The maximum absolute atomic E-state index is 9.18. The van der Waals surface area contributed by atoms with Crippen LogP contribution in [0.5, 0.6) is 0 Å². The average molecular weight is 331 g/mol. The lowest BCUT2D eigenvalue weighted by Gasteiger charge is -2.36. The van der Waals surface area contributed by atoms with E-state index in [2.05, 4.69) is 4.90 Å². The molecular formula is C16H24Cl2N2O. The number of nitrogens with two attached hydrogens (primary N) is 1. The summed E-state index contributed by atoms with van der Waals surface area (Å²) in [6.45, 7) is 2.29. The highest BCUT2D eigenvalue weighted by atomic mass is 35.5. The fraction of sp³-hybridized carbons (Fsp3) is 0.625. The molecule has 3 nitrogen and oxygen atoms in total. The molecule has 1 fully saturated rings. The molecule has 5 heteroatoms. The topological polar surface area (TPSA) is 49.5 Å².